The van der Waals surface area contributed by atoms with Gasteiger partial charge in [-0.3, -0.25) is 4.79 Å². The van der Waals surface area contributed by atoms with Gasteiger partial charge in [-0.25, -0.2) is 13.4 Å². The first-order valence-corrected chi connectivity index (χ1v) is 12.6. The van der Waals surface area contributed by atoms with E-state index in [9.17, 15) is 13.2 Å². The van der Waals surface area contributed by atoms with Gasteiger partial charge in [0.25, 0.3) is 0 Å². The number of nitrogens with one attached hydrogen (secondary N) is 1. The quantitative estimate of drug-likeness (QED) is 0.525. The Morgan fingerprint density at radius 2 is 1.94 bits per heavy atom. The molecule has 0 bridgehead atoms. The summed E-state index contributed by atoms with van der Waals surface area (Å²) in [6.07, 6.45) is 3.15. The van der Waals surface area contributed by atoms with Crippen LogP contribution in [0.3, 0.4) is 0 Å². The van der Waals surface area contributed by atoms with Crippen LogP contribution in [0.2, 0.25) is 0 Å². The number of imidazole rings is 1. The SMILES string of the molecule is COc1cc(C)c(S(=O)(=O)N2CCCC2COCC(=O)Nc2ccc3c(c2)ncn3C)c(C)c1. The Morgan fingerprint density at radius 3 is 2.65 bits per heavy atom. The maximum absolute atomic E-state index is 13.5. The Labute approximate surface area is 199 Å². The minimum Gasteiger partial charge on any atom is -0.497 e. The summed E-state index contributed by atoms with van der Waals surface area (Å²) in [5.41, 5.74) is 3.69. The zero-order chi connectivity index (χ0) is 24.5. The lowest BCUT2D eigenvalue weighted by atomic mass is 10.1. The molecule has 34 heavy (non-hydrogen) atoms. The number of carbonyl (C=O) groups excluding carboxylic acids is 1. The predicted octanol–water partition coefficient (Wildman–Crippen LogP) is 3.01. The van der Waals surface area contributed by atoms with Gasteiger partial charge >= 0.3 is 0 Å². The number of rotatable bonds is 8. The molecule has 1 aliphatic rings. The van der Waals surface area contributed by atoms with Gasteiger partial charge in [0.2, 0.25) is 15.9 Å². The number of hydrogen-bond donors (Lipinski definition) is 1. The topological polar surface area (TPSA) is 103 Å². The summed E-state index contributed by atoms with van der Waals surface area (Å²) < 4.78 is 41.3. The number of benzene rings is 2. The van der Waals surface area contributed by atoms with Crippen LogP contribution in [0.4, 0.5) is 5.69 Å². The molecule has 10 heteroatoms. The number of amides is 1. The molecule has 0 radical (unpaired) electrons. The van der Waals surface area contributed by atoms with Gasteiger partial charge in [-0.15, -0.1) is 0 Å². The van der Waals surface area contributed by atoms with Crippen LogP contribution < -0.4 is 10.1 Å². The Hall–Kier alpha value is -2.95. The first-order chi connectivity index (χ1) is 16.2. The van der Waals surface area contributed by atoms with E-state index >= 15 is 0 Å². The first-order valence-electron chi connectivity index (χ1n) is 11.2. The number of ether oxygens (including phenoxy) is 2. The van der Waals surface area contributed by atoms with E-state index in [-0.39, 0.29) is 25.2 Å². The molecule has 4 rings (SSSR count). The Bertz CT molecular complexity index is 1300. The Kier molecular flexibility index (Phi) is 6.92. The fourth-order valence-electron chi connectivity index (χ4n) is 4.54. The molecule has 2 heterocycles. The molecule has 1 fully saturated rings. The van der Waals surface area contributed by atoms with Gasteiger partial charge in [0.1, 0.15) is 12.4 Å². The maximum Gasteiger partial charge on any atom is 0.250 e. The number of nitrogens with zero attached hydrogens (tertiary/aromatic N) is 3. The van der Waals surface area contributed by atoms with Gasteiger partial charge in [-0.2, -0.15) is 4.31 Å². The van der Waals surface area contributed by atoms with Crippen molar-refractivity contribution in [3.8, 4) is 5.75 Å². The number of sulfonamides is 1. The van der Waals surface area contributed by atoms with Crippen molar-refractivity contribution >= 4 is 32.7 Å². The van der Waals surface area contributed by atoms with Crippen molar-refractivity contribution in [1.82, 2.24) is 13.9 Å². The van der Waals surface area contributed by atoms with Crippen LogP contribution in [0.25, 0.3) is 11.0 Å². The molecule has 1 amide bonds. The lowest BCUT2D eigenvalue weighted by Crippen LogP contribution is -2.39. The molecule has 0 aliphatic carbocycles. The van der Waals surface area contributed by atoms with E-state index in [2.05, 4.69) is 10.3 Å². The third kappa shape index (κ3) is 4.79. The number of hydrogen-bond acceptors (Lipinski definition) is 6. The zero-order valence-corrected chi connectivity index (χ0v) is 20.7. The molecule has 1 aromatic heterocycles. The van der Waals surface area contributed by atoms with Crippen LogP contribution in [-0.4, -0.2) is 61.1 Å². The zero-order valence-electron chi connectivity index (χ0n) is 19.9. The molecule has 182 valence electrons. The summed E-state index contributed by atoms with van der Waals surface area (Å²) in [6.45, 7) is 3.97. The molecular formula is C24H30N4O5S. The average molecular weight is 487 g/mol. The van der Waals surface area contributed by atoms with E-state index in [1.165, 1.54) is 4.31 Å². The number of aromatic nitrogens is 2. The largest absolute Gasteiger partial charge is 0.497 e. The summed E-state index contributed by atoms with van der Waals surface area (Å²) >= 11 is 0. The minimum atomic E-state index is -3.70. The summed E-state index contributed by atoms with van der Waals surface area (Å²) in [7, 11) is -0.237. The second kappa shape index (κ2) is 9.73. The van der Waals surface area contributed by atoms with Gasteiger partial charge in [0, 0.05) is 25.3 Å². The van der Waals surface area contributed by atoms with Crippen LogP contribution in [-0.2, 0) is 26.6 Å². The third-order valence-corrected chi connectivity index (χ3v) is 8.37. The van der Waals surface area contributed by atoms with E-state index < -0.39 is 10.0 Å². The number of aryl methyl sites for hydroxylation is 3. The number of anilines is 1. The molecule has 1 aliphatic heterocycles. The summed E-state index contributed by atoms with van der Waals surface area (Å²) in [4.78, 5) is 17.0. The molecule has 1 N–H and O–H groups in total. The van der Waals surface area contributed by atoms with Crippen LogP contribution in [0.5, 0.6) is 5.75 Å². The second-order valence-electron chi connectivity index (χ2n) is 8.62. The summed E-state index contributed by atoms with van der Waals surface area (Å²) in [5, 5.41) is 2.80. The summed E-state index contributed by atoms with van der Waals surface area (Å²) in [6, 6.07) is 8.65. The van der Waals surface area contributed by atoms with Gasteiger partial charge in [0.15, 0.2) is 0 Å². The van der Waals surface area contributed by atoms with Crippen LogP contribution in [0, 0.1) is 13.8 Å². The van der Waals surface area contributed by atoms with E-state index in [4.69, 9.17) is 9.47 Å². The average Bonchev–Trinajstić information content (AvgIpc) is 3.40. The van der Waals surface area contributed by atoms with E-state index in [0.717, 1.165) is 17.5 Å². The van der Waals surface area contributed by atoms with E-state index in [1.807, 2.05) is 23.7 Å². The van der Waals surface area contributed by atoms with Crippen molar-refractivity contribution in [2.24, 2.45) is 7.05 Å². The Morgan fingerprint density at radius 1 is 1.21 bits per heavy atom. The number of carbonyl (C=O) groups is 1. The molecule has 1 unspecified atom stereocenters. The van der Waals surface area contributed by atoms with Crippen molar-refractivity contribution in [1.29, 1.82) is 0 Å². The second-order valence-corrected chi connectivity index (χ2v) is 10.5. The van der Waals surface area contributed by atoms with Crippen LogP contribution in [0.15, 0.2) is 41.6 Å². The fourth-order valence-corrected chi connectivity index (χ4v) is 6.64. The molecule has 0 saturated carbocycles. The third-order valence-electron chi connectivity index (χ3n) is 6.11. The van der Waals surface area contributed by atoms with Gasteiger partial charge in [0.05, 0.1) is 36.0 Å². The lowest BCUT2D eigenvalue weighted by molar-refractivity contribution is -0.120. The van der Waals surface area contributed by atoms with Crippen molar-refractivity contribution in [3.63, 3.8) is 0 Å². The highest BCUT2D eigenvalue weighted by Gasteiger charge is 2.37. The molecule has 1 saturated heterocycles. The van der Waals surface area contributed by atoms with Crippen molar-refractivity contribution < 1.29 is 22.7 Å². The Balaban J connectivity index is 1.37. The highest BCUT2D eigenvalue weighted by Crippen LogP contribution is 2.32. The lowest BCUT2D eigenvalue weighted by Gasteiger charge is -2.26. The van der Waals surface area contributed by atoms with Crippen molar-refractivity contribution in [3.05, 3.63) is 47.8 Å². The van der Waals surface area contributed by atoms with Crippen LogP contribution in [0.1, 0.15) is 24.0 Å². The monoisotopic (exact) mass is 486 g/mol. The first kappa shape index (κ1) is 24.2. The highest BCUT2D eigenvalue weighted by molar-refractivity contribution is 7.89. The van der Waals surface area contributed by atoms with Gasteiger partial charge in [-0.05, 0) is 68.1 Å². The van der Waals surface area contributed by atoms with Crippen molar-refractivity contribution in [2.45, 2.75) is 37.6 Å². The van der Waals surface area contributed by atoms with Gasteiger partial charge < -0.3 is 19.4 Å². The van der Waals surface area contributed by atoms with E-state index in [1.54, 1.807) is 45.5 Å². The van der Waals surface area contributed by atoms with Gasteiger partial charge in [-0.1, -0.05) is 0 Å². The molecule has 1 atom stereocenters. The molecular weight excluding hydrogens is 456 g/mol. The van der Waals surface area contributed by atoms with Crippen LogP contribution >= 0.6 is 0 Å². The predicted molar refractivity (Wildman–Crippen MR) is 130 cm³/mol. The highest BCUT2D eigenvalue weighted by atomic mass is 32.2. The maximum atomic E-state index is 13.5. The molecule has 9 nitrogen and oxygen atoms in total. The fraction of sp³-hybridized carbons (Fsp3) is 0.417. The summed E-state index contributed by atoms with van der Waals surface area (Å²) in [5.74, 6) is 0.327. The molecule has 2 aromatic carbocycles. The number of fused-ring (bicyclic) bond motifs is 1. The molecule has 3 aromatic rings. The van der Waals surface area contributed by atoms with Crippen molar-refractivity contribution in [2.75, 3.05) is 32.2 Å². The molecule has 0 spiro atoms. The minimum absolute atomic E-state index is 0.153. The standard InChI is InChI=1S/C24H30N4O5S/c1-16-10-20(32-4)11-17(2)24(16)34(30,31)28-9-5-6-19(28)13-33-14-23(29)26-18-7-8-22-21(12-18)25-15-27(22)3/h7-8,10-12,15,19H,5-6,9,13-14H2,1-4H3,(H,26,29). The normalized spacial score (nSPS) is 16.8. The smallest absolute Gasteiger partial charge is 0.250 e. The number of methoxy groups -OCH3 is 1. The van der Waals surface area contributed by atoms with E-state index in [0.29, 0.717) is 40.4 Å².